The van der Waals surface area contributed by atoms with E-state index in [1.165, 1.54) is 6.33 Å². The summed E-state index contributed by atoms with van der Waals surface area (Å²) < 4.78 is 13.9. The highest BCUT2D eigenvalue weighted by molar-refractivity contribution is 6.32. The second kappa shape index (κ2) is 9.82. The van der Waals surface area contributed by atoms with Gasteiger partial charge in [0.1, 0.15) is 34.8 Å². The Hall–Kier alpha value is -4.07. The lowest BCUT2D eigenvalue weighted by Gasteiger charge is -2.13. The number of para-hydroxylation sites is 1. The molecule has 5 rings (SSSR count). The summed E-state index contributed by atoms with van der Waals surface area (Å²) in [5.74, 6) is 3.26. The Labute approximate surface area is 201 Å². The number of ether oxygens (including phenoxy) is 2. The highest BCUT2D eigenvalue weighted by Crippen LogP contribution is 2.35. The Morgan fingerprint density at radius 3 is 2.44 bits per heavy atom. The molecule has 0 saturated heterocycles. The van der Waals surface area contributed by atoms with Crippen molar-refractivity contribution in [3.05, 3.63) is 96.4 Å². The van der Waals surface area contributed by atoms with Crippen LogP contribution in [0.25, 0.3) is 11.0 Å². The smallest absolute Gasteiger partial charge is 0.158 e. The van der Waals surface area contributed by atoms with E-state index >= 15 is 0 Å². The number of rotatable bonds is 8. The Morgan fingerprint density at radius 1 is 0.853 bits per heavy atom. The minimum Gasteiger partial charge on any atom is -0.457 e. The van der Waals surface area contributed by atoms with Gasteiger partial charge in [0.2, 0.25) is 0 Å². The summed E-state index contributed by atoms with van der Waals surface area (Å²) in [4.78, 5) is 8.74. The van der Waals surface area contributed by atoms with Gasteiger partial charge in [-0.1, -0.05) is 35.9 Å². The highest BCUT2D eigenvalue weighted by atomic mass is 35.5. The molecule has 0 unspecified atom stereocenters. The van der Waals surface area contributed by atoms with E-state index in [0.717, 1.165) is 22.5 Å². The second-order valence-corrected chi connectivity index (χ2v) is 7.92. The molecule has 0 saturated carbocycles. The van der Waals surface area contributed by atoms with Gasteiger partial charge >= 0.3 is 0 Å². The fourth-order valence-electron chi connectivity index (χ4n) is 3.60. The van der Waals surface area contributed by atoms with Gasteiger partial charge in [0, 0.05) is 31.0 Å². The number of benzene rings is 3. The first-order valence-electron chi connectivity index (χ1n) is 10.8. The molecular formula is C26H22ClN5O2. The lowest BCUT2D eigenvalue weighted by atomic mass is 10.2. The van der Waals surface area contributed by atoms with Crippen molar-refractivity contribution in [2.24, 2.45) is 5.73 Å². The third-order valence-electron chi connectivity index (χ3n) is 5.13. The summed E-state index contributed by atoms with van der Waals surface area (Å²) >= 11 is 6.54. The molecule has 2 heterocycles. The average molecular weight is 472 g/mol. The number of nitrogens with zero attached hydrogens (tertiary/aromatic N) is 3. The third kappa shape index (κ3) is 4.80. The van der Waals surface area contributed by atoms with Crippen LogP contribution in [0.4, 0.5) is 11.5 Å². The molecule has 34 heavy (non-hydrogen) atoms. The van der Waals surface area contributed by atoms with Crippen LogP contribution in [-0.4, -0.2) is 21.1 Å². The minimum atomic E-state index is 0.460. The molecule has 2 aromatic heterocycles. The summed E-state index contributed by atoms with van der Waals surface area (Å²) in [6.07, 6.45) is 3.48. The zero-order chi connectivity index (χ0) is 23.3. The second-order valence-electron chi connectivity index (χ2n) is 7.52. The van der Waals surface area contributed by atoms with E-state index in [4.69, 9.17) is 26.8 Å². The molecule has 0 aliphatic rings. The molecule has 0 atom stereocenters. The maximum atomic E-state index is 6.54. The summed E-state index contributed by atoms with van der Waals surface area (Å²) in [7, 11) is 0. The number of fused-ring (bicyclic) bond motifs is 1. The predicted octanol–water partition coefficient (Wildman–Crippen LogP) is 6.37. The van der Waals surface area contributed by atoms with E-state index in [1.807, 2.05) is 83.6 Å². The number of nitrogens with two attached hydrogens (primary N) is 1. The quantitative estimate of drug-likeness (QED) is 0.273. The van der Waals surface area contributed by atoms with Crippen LogP contribution in [-0.2, 0) is 6.54 Å². The first kappa shape index (κ1) is 21.8. The number of halogens is 1. The van der Waals surface area contributed by atoms with Crippen molar-refractivity contribution in [1.82, 2.24) is 14.5 Å². The highest BCUT2D eigenvalue weighted by Gasteiger charge is 2.11. The van der Waals surface area contributed by atoms with Gasteiger partial charge in [0.25, 0.3) is 0 Å². The zero-order valence-electron chi connectivity index (χ0n) is 18.2. The summed E-state index contributed by atoms with van der Waals surface area (Å²) in [5.41, 5.74) is 8.25. The van der Waals surface area contributed by atoms with Gasteiger partial charge in [0.05, 0.1) is 10.5 Å². The van der Waals surface area contributed by atoms with E-state index < -0.39 is 0 Å². The van der Waals surface area contributed by atoms with E-state index in [-0.39, 0.29) is 0 Å². The third-order valence-corrected chi connectivity index (χ3v) is 5.42. The van der Waals surface area contributed by atoms with Crippen LogP contribution in [0.2, 0.25) is 5.02 Å². The number of hydrogen-bond acceptors (Lipinski definition) is 6. The first-order valence-corrected chi connectivity index (χ1v) is 11.1. The van der Waals surface area contributed by atoms with E-state index in [9.17, 15) is 0 Å². The molecule has 170 valence electrons. The molecule has 7 nitrogen and oxygen atoms in total. The van der Waals surface area contributed by atoms with Crippen molar-refractivity contribution in [3.63, 3.8) is 0 Å². The number of nitrogens with one attached hydrogen (secondary N) is 1. The monoisotopic (exact) mass is 471 g/mol. The van der Waals surface area contributed by atoms with Gasteiger partial charge in [-0.25, -0.2) is 9.97 Å². The molecule has 3 aromatic carbocycles. The fourth-order valence-corrected chi connectivity index (χ4v) is 3.82. The molecule has 3 N–H and O–H groups in total. The van der Waals surface area contributed by atoms with Gasteiger partial charge in [-0.15, -0.1) is 0 Å². The lowest BCUT2D eigenvalue weighted by molar-refractivity contribution is 0.460. The van der Waals surface area contributed by atoms with E-state index in [2.05, 4.69) is 15.3 Å². The summed E-state index contributed by atoms with van der Waals surface area (Å²) in [6, 6.07) is 24.4. The maximum Gasteiger partial charge on any atom is 0.158 e. The molecular weight excluding hydrogens is 450 g/mol. The van der Waals surface area contributed by atoms with Crippen molar-refractivity contribution in [3.8, 4) is 23.0 Å². The SMILES string of the molecule is NCCn1ccc2ncnc(Nc3ccc(Oc4cccc(Oc5ccccc5)c4)c(Cl)c3)c21. The van der Waals surface area contributed by atoms with Crippen LogP contribution in [0.3, 0.4) is 0 Å². The lowest BCUT2D eigenvalue weighted by Crippen LogP contribution is -2.10. The van der Waals surface area contributed by atoms with Gasteiger partial charge in [-0.2, -0.15) is 0 Å². The van der Waals surface area contributed by atoms with E-state index in [0.29, 0.717) is 41.2 Å². The standard InChI is InChI=1S/C26H22ClN5O2/c27-22-15-18(31-26-25-23(29-17-30-26)11-13-32(25)14-12-28)9-10-24(22)34-21-8-4-7-20(16-21)33-19-5-2-1-3-6-19/h1-11,13,15-17H,12,14,28H2,(H,29,30,31). The number of hydrogen-bond donors (Lipinski definition) is 2. The molecule has 0 fully saturated rings. The van der Waals surface area contributed by atoms with Crippen molar-refractivity contribution >= 4 is 34.1 Å². The minimum absolute atomic E-state index is 0.460. The molecule has 0 aliphatic carbocycles. The largest absolute Gasteiger partial charge is 0.457 e. The molecule has 0 bridgehead atoms. The Morgan fingerprint density at radius 2 is 1.65 bits per heavy atom. The zero-order valence-corrected chi connectivity index (χ0v) is 18.9. The van der Waals surface area contributed by atoms with Gasteiger partial charge < -0.3 is 25.1 Å². The van der Waals surface area contributed by atoms with Crippen LogP contribution in [0, 0.1) is 0 Å². The Balaban J connectivity index is 1.34. The molecule has 5 aromatic rings. The van der Waals surface area contributed by atoms with Gasteiger partial charge in [-0.05, 0) is 48.5 Å². The normalized spacial score (nSPS) is 10.9. The summed E-state index contributed by atoms with van der Waals surface area (Å²) in [5, 5.41) is 3.79. The van der Waals surface area contributed by atoms with E-state index in [1.54, 1.807) is 6.07 Å². The molecule has 0 spiro atoms. The average Bonchev–Trinajstić information content (AvgIpc) is 3.26. The first-order chi connectivity index (χ1) is 16.7. The maximum absolute atomic E-state index is 6.54. The van der Waals surface area contributed by atoms with Crippen molar-refractivity contribution in [2.45, 2.75) is 6.54 Å². The number of aromatic nitrogens is 3. The molecule has 0 radical (unpaired) electrons. The van der Waals surface area contributed by atoms with Crippen LogP contribution >= 0.6 is 11.6 Å². The van der Waals surface area contributed by atoms with Crippen molar-refractivity contribution in [1.29, 1.82) is 0 Å². The Bertz CT molecular complexity index is 1420. The fraction of sp³-hybridized carbons (Fsp3) is 0.0769. The molecule has 8 heteroatoms. The van der Waals surface area contributed by atoms with Gasteiger partial charge in [0.15, 0.2) is 5.82 Å². The Kier molecular flexibility index (Phi) is 6.29. The molecule has 0 aliphatic heterocycles. The topological polar surface area (TPSA) is 87.2 Å². The van der Waals surface area contributed by atoms with Crippen LogP contribution in [0.1, 0.15) is 0 Å². The summed E-state index contributed by atoms with van der Waals surface area (Å²) in [6.45, 7) is 1.19. The predicted molar refractivity (Wildman–Crippen MR) is 134 cm³/mol. The number of anilines is 2. The van der Waals surface area contributed by atoms with Crippen LogP contribution < -0.4 is 20.5 Å². The van der Waals surface area contributed by atoms with Crippen LogP contribution in [0.5, 0.6) is 23.0 Å². The molecule has 0 amide bonds. The van der Waals surface area contributed by atoms with Crippen LogP contribution in [0.15, 0.2) is 91.4 Å². The van der Waals surface area contributed by atoms with Gasteiger partial charge in [-0.3, -0.25) is 0 Å². The van der Waals surface area contributed by atoms with Crippen molar-refractivity contribution < 1.29 is 9.47 Å². The van der Waals surface area contributed by atoms with Crippen molar-refractivity contribution in [2.75, 3.05) is 11.9 Å².